The van der Waals surface area contributed by atoms with E-state index >= 15 is 0 Å². The van der Waals surface area contributed by atoms with Gasteiger partial charge < -0.3 is 15.6 Å². The molecule has 1 fully saturated rings. The molecule has 112 valence electrons. The Morgan fingerprint density at radius 2 is 2.05 bits per heavy atom. The van der Waals surface area contributed by atoms with Crippen LogP contribution in [0, 0.1) is 0 Å². The topological polar surface area (TPSA) is 55.5 Å². The van der Waals surface area contributed by atoms with E-state index in [1.807, 2.05) is 19.1 Å². The van der Waals surface area contributed by atoms with E-state index in [1.165, 1.54) is 12.0 Å². The average Bonchev–Trinajstić information content (AvgIpc) is 2.46. The van der Waals surface area contributed by atoms with Gasteiger partial charge in [-0.25, -0.2) is 0 Å². The van der Waals surface area contributed by atoms with Crippen LogP contribution in [0.15, 0.2) is 24.3 Å². The van der Waals surface area contributed by atoms with E-state index in [2.05, 4.69) is 12.1 Å². The molecule has 0 aliphatic heterocycles. The first kappa shape index (κ1) is 15.3. The van der Waals surface area contributed by atoms with Gasteiger partial charge in [0.1, 0.15) is 11.9 Å². The maximum absolute atomic E-state index is 10.5. The Morgan fingerprint density at radius 1 is 1.30 bits per heavy atom. The van der Waals surface area contributed by atoms with Crippen molar-refractivity contribution in [3.8, 4) is 5.75 Å². The fourth-order valence-corrected chi connectivity index (χ4v) is 2.89. The number of benzene rings is 1. The monoisotopic (exact) mass is 277 g/mol. The molecule has 1 aromatic carbocycles. The SMILES string of the molecule is CC(CN)Oc1cccc(CCC2(O)CCCCC2)c1. The van der Waals surface area contributed by atoms with Crippen LogP contribution < -0.4 is 10.5 Å². The Bertz CT molecular complexity index is 413. The minimum absolute atomic E-state index is 0.0350. The van der Waals surface area contributed by atoms with Crippen molar-refractivity contribution in [3.05, 3.63) is 29.8 Å². The zero-order chi connectivity index (χ0) is 14.4. The summed E-state index contributed by atoms with van der Waals surface area (Å²) in [4.78, 5) is 0. The largest absolute Gasteiger partial charge is 0.489 e. The van der Waals surface area contributed by atoms with Crippen molar-refractivity contribution in [2.75, 3.05) is 6.54 Å². The van der Waals surface area contributed by atoms with Gasteiger partial charge in [-0.15, -0.1) is 0 Å². The van der Waals surface area contributed by atoms with Gasteiger partial charge in [0.15, 0.2) is 0 Å². The van der Waals surface area contributed by atoms with Crippen molar-refractivity contribution >= 4 is 0 Å². The van der Waals surface area contributed by atoms with Crippen molar-refractivity contribution in [1.82, 2.24) is 0 Å². The van der Waals surface area contributed by atoms with Crippen molar-refractivity contribution in [2.45, 2.75) is 63.6 Å². The van der Waals surface area contributed by atoms with Crippen LogP contribution in [0.4, 0.5) is 0 Å². The number of ether oxygens (including phenoxy) is 1. The first-order chi connectivity index (χ1) is 9.61. The first-order valence-electron chi connectivity index (χ1n) is 7.79. The Labute approximate surface area is 122 Å². The third kappa shape index (κ3) is 4.50. The third-order valence-electron chi connectivity index (χ3n) is 4.23. The summed E-state index contributed by atoms with van der Waals surface area (Å²) in [6.07, 6.45) is 7.28. The molecule has 0 aromatic heterocycles. The molecule has 0 spiro atoms. The Balaban J connectivity index is 1.90. The summed E-state index contributed by atoms with van der Waals surface area (Å²) in [5, 5.41) is 10.5. The molecule has 3 heteroatoms. The molecule has 2 rings (SSSR count). The number of hydrogen-bond acceptors (Lipinski definition) is 3. The Morgan fingerprint density at radius 3 is 2.75 bits per heavy atom. The van der Waals surface area contributed by atoms with E-state index in [9.17, 15) is 5.11 Å². The highest BCUT2D eigenvalue weighted by Crippen LogP contribution is 2.32. The first-order valence-corrected chi connectivity index (χ1v) is 7.79. The highest BCUT2D eigenvalue weighted by molar-refractivity contribution is 5.29. The highest BCUT2D eigenvalue weighted by atomic mass is 16.5. The highest BCUT2D eigenvalue weighted by Gasteiger charge is 2.28. The third-order valence-corrected chi connectivity index (χ3v) is 4.23. The fourth-order valence-electron chi connectivity index (χ4n) is 2.89. The van der Waals surface area contributed by atoms with Gasteiger partial charge in [0, 0.05) is 6.54 Å². The van der Waals surface area contributed by atoms with Crippen molar-refractivity contribution in [2.24, 2.45) is 5.73 Å². The second-order valence-electron chi connectivity index (χ2n) is 6.10. The molecule has 3 nitrogen and oxygen atoms in total. The maximum atomic E-state index is 10.5. The van der Waals surface area contributed by atoms with E-state index in [0.29, 0.717) is 6.54 Å². The molecule has 3 N–H and O–H groups in total. The molecule has 0 bridgehead atoms. The lowest BCUT2D eigenvalue weighted by atomic mass is 9.81. The van der Waals surface area contributed by atoms with Crippen molar-refractivity contribution in [1.29, 1.82) is 0 Å². The summed E-state index contributed by atoms with van der Waals surface area (Å²) in [5.41, 5.74) is 6.36. The molecule has 1 saturated carbocycles. The molecule has 0 amide bonds. The van der Waals surface area contributed by atoms with Crippen LogP contribution in [0.3, 0.4) is 0 Å². The van der Waals surface area contributed by atoms with Crippen LogP contribution in [0.5, 0.6) is 5.75 Å². The molecule has 1 aliphatic rings. The summed E-state index contributed by atoms with van der Waals surface area (Å²) in [7, 11) is 0. The minimum Gasteiger partial charge on any atom is -0.489 e. The van der Waals surface area contributed by atoms with Crippen LogP contribution in [-0.2, 0) is 6.42 Å². The summed E-state index contributed by atoms with van der Waals surface area (Å²) >= 11 is 0. The fraction of sp³-hybridized carbons (Fsp3) is 0.647. The predicted molar refractivity (Wildman–Crippen MR) is 81.9 cm³/mol. The molecule has 1 aromatic rings. The van der Waals surface area contributed by atoms with Crippen molar-refractivity contribution in [3.63, 3.8) is 0 Å². The van der Waals surface area contributed by atoms with Gasteiger partial charge in [0.25, 0.3) is 0 Å². The molecular formula is C17H27NO2. The molecule has 20 heavy (non-hydrogen) atoms. The van der Waals surface area contributed by atoms with Crippen LogP contribution in [0.25, 0.3) is 0 Å². The minimum atomic E-state index is -0.445. The smallest absolute Gasteiger partial charge is 0.120 e. The lowest BCUT2D eigenvalue weighted by Gasteiger charge is -2.32. The van der Waals surface area contributed by atoms with Gasteiger partial charge in [-0.05, 0) is 50.3 Å². The molecule has 0 heterocycles. The molecule has 0 saturated heterocycles. The Hall–Kier alpha value is -1.06. The number of nitrogens with two attached hydrogens (primary N) is 1. The molecule has 1 unspecified atom stereocenters. The van der Waals surface area contributed by atoms with E-state index in [1.54, 1.807) is 0 Å². The number of aliphatic hydroxyl groups is 1. The summed E-state index contributed by atoms with van der Waals surface area (Å²) < 4.78 is 5.73. The number of aryl methyl sites for hydroxylation is 1. The van der Waals surface area contributed by atoms with Crippen LogP contribution in [0.1, 0.15) is 51.0 Å². The molecule has 1 aliphatic carbocycles. The summed E-state index contributed by atoms with van der Waals surface area (Å²) in [6.45, 7) is 2.49. The van der Waals surface area contributed by atoms with Crippen LogP contribution in [0.2, 0.25) is 0 Å². The van der Waals surface area contributed by atoms with Gasteiger partial charge in [-0.2, -0.15) is 0 Å². The average molecular weight is 277 g/mol. The zero-order valence-electron chi connectivity index (χ0n) is 12.5. The van der Waals surface area contributed by atoms with Crippen LogP contribution in [-0.4, -0.2) is 23.4 Å². The molecule has 0 radical (unpaired) electrons. The summed E-state index contributed by atoms with van der Waals surface area (Å²) in [5.74, 6) is 0.871. The lowest BCUT2D eigenvalue weighted by molar-refractivity contribution is -0.00343. The van der Waals surface area contributed by atoms with Gasteiger partial charge in [0.2, 0.25) is 0 Å². The quantitative estimate of drug-likeness (QED) is 0.840. The van der Waals surface area contributed by atoms with E-state index in [0.717, 1.165) is 44.3 Å². The normalized spacial score (nSPS) is 19.6. The van der Waals surface area contributed by atoms with Gasteiger partial charge >= 0.3 is 0 Å². The molecule has 1 atom stereocenters. The van der Waals surface area contributed by atoms with E-state index in [4.69, 9.17) is 10.5 Å². The van der Waals surface area contributed by atoms with Crippen LogP contribution >= 0.6 is 0 Å². The van der Waals surface area contributed by atoms with Gasteiger partial charge in [0.05, 0.1) is 5.60 Å². The van der Waals surface area contributed by atoms with Gasteiger partial charge in [-0.3, -0.25) is 0 Å². The van der Waals surface area contributed by atoms with E-state index in [-0.39, 0.29) is 6.10 Å². The van der Waals surface area contributed by atoms with Crippen molar-refractivity contribution < 1.29 is 9.84 Å². The maximum Gasteiger partial charge on any atom is 0.120 e. The lowest BCUT2D eigenvalue weighted by Crippen LogP contribution is -2.31. The zero-order valence-corrected chi connectivity index (χ0v) is 12.5. The Kier molecular flexibility index (Phi) is 5.44. The second kappa shape index (κ2) is 7.09. The second-order valence-corrected chi connectivity index (χ2v) is 6.10. The van der Waals surface area contributed by atoms with Gasteiger partial charge in [-0.1, -0.05) is 31.4 Å². The standard InChI is InChI=1S/C17H27NO2/c1-14(13-18)20-16-7-5-6-15(12-16)8-11-17(19)9-3-2-4-10-17/h5-7,12,14,19H,2-4,8-11,13,18H2,1H3. The van der Waals surface area contributed by atoms with E-state index < -0.39 is 5.60 Å². The number of hydrogen-bond donors (Lipinski definition) is 2. The number of rotatable bonds is 6. The molecular weight excluding hydrogens is 250 g/mol. The predicted octanol–water partition coefficient (Wildman–Crippen LogP) is 3.04. The summed E-state index contributed by atoms with van der Waals surface area (Å²) in [6, 6.07) is 8.15.